The smallest absolute Gasteiger partial charge is 0.255 e. The number of hydrogen-bond acceptors (Lipinski definition) is 4. The van der Waals surface area contributed by atoms with Crippen molar-refractivity contribution in [2.24, 2.45) is 0 Å². The summed E-state index contributed by atoms with van der Waals surface area (Å²) in [5.41, 5.74) is 3.55. The highest BCUT2D eigenvalue weighted by Crippen LogP contribution is 2.17. The third kappa shape index (κ3) is 4.67. The van der Waals surface area contributed by atoms with Crippen LogP contribution >= 0.6 is 11.3 Å². The monoisotopic (exact) mass is 352 g/mol. The van der Waals surface area contributed by atoms with Crippen molar-refractivity contribution in [2.75, 3.05) is 5.32 Å². The first-order valence-electron chi connectivity index (χ1n) is 8.18. The van der Waals surface area contributed by atoms with Crippen molar-refractivity contribution in [3.8, 4) is 5.75 Å². The molecule has 0 bridgehead atoms. The Morgan fingerprint density at radius 2 is 1.84 bits per heavy atom. The summed E-state index contributed by atoms with van der Waals surface area (Å²) in [5.74, 6) is 0.584. The molecule has 0 unspecified atom stereocenters. The molecule has 3 aromatic rings. The number of amides is 1. The van der Waals surface area contributed by atoms with Crippen LogP contribution in [0.25, 0.3) is 0 Å². The Kier molecular flexibility index (Phi) is 5.46. The van der Waals surface area contributed by atoms with Crippen LogP contribution in [0.15, 0.2) is 53.9 Å². The number of ether oxygens (including phenoxy) is 1. The van der Waals surface area contributed by atoms with Crippen LogP contribution in [0, 0.1) is 6.92 Å². The van der Waals surface area contributed by atoms with Gasteiger partial charge in [-0.05, 0) is 55.3 Å². The summed E-state index contributed by atoms with van der Waals surface area (Å²) < 4.78 is 5.70. The molecule has 0 saturated carbocycles. The number of carbonyl (C=O) groups excluding carboxylic acids is 1. The maximum atomic E-state index is 12.3. The summed E-state index contributed by atoms with van der Waals surface area (Å²) >= 11 is 1.60. The van der Waals surface area contributed by atoms with Crippen molar-refractivity contribution in [1.82, 2.24) is 4.98 Å². The van der Waals surface area contributed by atoms with Gasteiger partial charge >= 0.3 is 0 Å². The Hall–Kier alpha value is -2.66. The van der Waals surface area contributed by atoms with Crippen LogP contribution in [0.1, 0.15) is 33.5 Å². The van der Waals surface area contributed by atoms with Gasteiger partial charge in [-0.25, -0.2) is 4.98 Å². The Morgan fingerprint density at radius 3 is 2.44 bits per heavy atom. The molecule has 0 aliphatic heterocycles. The van der Waals surface area contributed by atoms with Crippen molar-refractivity contribution in [1.29, 1.82) is 0 Å². The molecule has 25 heavy (non-hydrogen) atoms. The van der Waals surface area contributed by atoms with Gasteiger partial charge in [0.15, 0.2) is 0 Å². The number of nitrogens with zero attached hydrogens (tertiary/aromatic N) is 1. The number of nitrogens with one attached hydrogen (secondary N) is 1. The molecule has 3 rings (SSSR count). The number of hydrogen-bond donors (Lipinski definition) is 1. The number of aryl methyl sites for hydroxylation is 2. The van der Waals surface area contributed by atoms with E-state index in [9.17, 15) is 4.79 Å². The molecular weight excluding hydrogens is 332 g/mol. The molecule has 0 atom stereocenters. The number of aromatic nitrogens is 1. The topological polar surface area (TPSA) is 51.2 Å². The Labute approximate surface area is 151 Å². The van der Waals surface area contributed by atoms with Gasteiger partial charge in [-0.1, -0.05) is 19.1 Å². The normalized spacial score (nSPS) is 10.5. The molecule has 0 aliphatic carbocycles. The Bertz CT molecular complexity index is 839. The van der Waals surface area contributed by atoms with Crippen LogP contribution in [0.2, 0.25) is 0 Å². The highest BCUT2D eigenvalue weighted by Gasteiger charge is 2.07. The van der Waals surface area contributed by atoms with Gasteiger partial charge in [0.05, 0.1) is 10.7 Å². The van der Waals surface area contributed by atoms with Gasteiger partial charge in [-0.2, -0.15) is 0 Å². The standard InChI is InChI=1S/C20H20N2O2S/c1-3-15-4-8-17(9-5-15)22-20(23)16-6-10-19(11-7-16)24-12-18-13-25-14(2)21-18/h4-11,13H,3,12H2,1-2H3,(H,22,23). The molecule has 1 N–H and O–H groups in total. The molecule has 0 spiro atoms. The van der Waals surface area contributed by atoms with Crippen LogP contribution in [-0.4, -0.2) is 10.9 Å². The molecule has 5 heteroatoms. The Balaban J connectivity index is 1.57. The van der Waals surface area contributed by atoms with Crippen LogP contribution < -0.4 is 10.1 Å². The van der Waals surface area contributed by atoms with Crippen molar-refractivity contribution in [3.63, 3.8) is 0 Å². The fraction of sp³-hybridized carbons (Fsp3) is 0.200. The van der Waals surface area contributed by atoms with Gasteiger partial charge in [0.1, 0.15) is 12.4 Å². The highest BCUT2D eigenvalue weighted by atomic mass is 32.1. The SMILES string of the molecule is CCc1ccc(NC(=O)c2ccc(OCc3csc(C)n3)cc2)cc1. The number of anilines is 1. The molecule has 1 heterocycles. The highest BCUT2D eigenvalue weighted by molar-refractivity contribution is 7.09. The van der Waals surface area contributed by atoms with E-state index < -0.39 is 0 Å². The minimum atomic E-state index is -0.133. The average Bonchev–Trinajstić information content (AvgIpc) is 3.06. The van der Waals surface area contributed by atoms with Crippen molar-refractivity contribution < 1.29 is 9.53 Å². The van der Waals surface area contributed by atoms with Crippen LogP contribution in [0.5, 0.6) is 5.75 Å². The lowest BCUT2D eigenvalue weighted by Gasteiger charge is -2.08. The van der Waals surface area contributed by atoms with Gasteiger partial charge in [0.25, 0.3) is 5.91 Å². The second-order valence-corrected chi connectivity index (χ2v) is 6.74. The van der Waals surface area contributed by atoms with Crippen LogP contribution in [-0.2, 0) is 13.0 Å². The number of thiazole rings is 1. The molecule has 4 nitrogen and oxygen atoms in total. The summed E-state index contributed by atoms with van der Waals surface area (Å²) in [5, 5.41) is 5.91. The number of carbonyl (C=O) groups is 1. The maximum absolute atomic E-state index is 12.3. The lowest BCUT2D eigenvalue weighted by atomic mass is 10.1. The number of benzene rings is 2. The van der Waals surface area contributed by atoms with E-state index in [0.29, 0.717) is 12.2 Å². The molecule has 0 fully saturated rings. The molecule has 1 aromatic heterocycles. The second-order valence-electron chi connectivity index (χ2n) is 5.68. The quantitative estimate of drug-likeness (QED) is 0.690. The summed E-state index contributed by atoms with van der Waals surface area (Å²) in [7, 11) is 0. The molecule has 0 radical (unpaired) electrons. The minimum absolute atomic E-state index is 0.133. The summed E-state index contributed by atoms with van der Waals surface area (Å²) in [6, 6.07) is 15.0. The largest absolute Gasteiger partial charge is 0.487 e. The van der Waals surface area contributed by atoms with Gasteiger partial charge < -0.3 is 10.1 Å². The first kappa shape index (κ1) is 17.2. The van der Waals surface area contributed by atoms with E-state index in [0.717, 1.165) is 28.6 Å². The third-order valence-corrected chi connectivity index (χ3v) is 4.61. The van der Waals surface area contributed by atoms with E-state index in [1.54, 1.807) is 35.6 Å². The van der Waals surface area contributed by atoms with Gasteiger partial charge in [0.2, 0.25) is 0 Å². The zero-order valence-electron chi connectivity index (χ0n) is 14.3. The van der Waals surface area contributed by atoms with E-state index >= 15 is 0 Å². The first-order valence-corrected chi connectivity index (χ1v) is 9.06. The molecular formula is C20H20N2O2S. The summed E-state index contributed by atoms with van der Waals surface area (Å²) in [4.78, 5) is 16.7. The number of rotatable bonds is 6. The lowest BCUT2D eigenvalue weighted by molar-refractivity contribution is 0.102. The zero-order valence-corrected chi connectivity index (χ0v) is 15.1. The molecule has 128 valence electrons. The van der Waals surface area contributed by atoms with Crippen molar-refractivity contribution >= 4 is 22.9 Å². The molecule has 0 aliphatic rings. The molecule has 2 aromatic carbocycles. The van der Waals surface area contributed by atoms with E-state index in [1.165, 1.54) is 5.56 Å². The van der Waals surface area contributed by atoms with Gasteiger partial charge in [-0.15, -0.1) is 11.3 Å². The zero-order chi connectivity index (χ0) is 17.6. The molecule has 1 amide bonds. The summed E-state index contributed by atoms with van der Waals surface area (Å²) in [6.45, 7) is 4.50. The third-order valence-electron chi connectivity index (χ3n) is 3.79. The van der Waals surface area contributed by atoms with E-state index in [2.05, 4.69) is 17.2 Å². The van der Waals surface area contributed by atoms with E-state index in [-0.39, 0.29) is 5.91 Å². The Morgan fingerprint density at radius 1 is 1.12 bits per heavy atom. The van der Waals surface area contributed by atoms with Crippen molar-refractivity contribution in [2.45, 2.75) is 26.9 Å². The summed E-state index contributed by atoms with van der Waals surface area (Å²) in [6.07, 6.45) is 0.982. The predicted molar refractivity (Wildman–Crippen MR) is 101 cm³/mol. The van der Waals surface area contributed by atoms with Crippen LogP contribution in [0.3, 0.4) is 0 Å². The second kappa shape index (κ2) is 7.94. The molecule has 0 saturated heterocycles. The van der Waals surface area contributed by atoms with Gasteiger partial charge in [-0.3, -0.25) is 4.79 Å². The maximum Gasteiger partial charge on any atom is 0.255 e. The van der Waals surface area contributed by atoms with E-state index in [4.69, 9.17) is 4.74 Å². The lowest BCUT2D eigenvalue weighted by Crippen LogP contribution is -2.11. The van der Waals surface area contributed by atoms with Crippen LogP contribution in [0.4, 0.5) is 5.69 Å². The van der Waals surface area contributed by atoms with E-state index in [1.807, 2.05) is 36.6 Å². The van der Waals surface area contributed by atoms with Gasteiger partial charge in [0, 0.05) is 16.6 Å². The van der Waals surface area contributed by atoms with Crippen molar-refractivity contribution in [3.05, 3.63) is 75.7 Å². The predicted octanol–water partition coefficient (Wildman–Crippen LogP) is 4.85. The first-order chi connectivity index (χ1) is 12.1. The fourth-order valence-corrected chi connectivity index (χ4v) is 2.96. The fourth-order valence-electron chi connectivity index (χ4n) is 2.36. The minimum Gasteiger partial charge on any atom is -0.487 e. The average molecular weight is 352 g/mol.